The van der Waals surface area contributed by atoms with Crippen LogP contribution in [-0.2, 0) is 4.79 Å². The van der Waals surface area contributed by atoms with Gasteiger partial charge in [-0.15, -0.1) is 10.2 Å². The molecule has 0 aliphatic rings. The van der Waals surface area contributed by atoms with E-state index >= 15 is 0 Å². The van der Waals surface area contributed by atoms with Gasteiger partial charge in [0.05, 0.1) is 11.8 Å². The first-order valence-corrected chi connectivity index (χ1v) is 9.61. The predicted octanol–water partition coefficient (Wildman–Crippen LogP) is 3.90. The van der Waals surface area contributed by atoms with Gasteiger partial charge in [-0.3, -0.25) is 4.79 Å². The van der Waals surface area contributed by atoms with Crippen molar-refractivity contribution < 1.29 is 13.6 Å². The van der Waals surface area contributed by atoms with Crippen LogP contribution in [0.5, 0.6) is 0 Å². The van der Waals surface area contributed by atoms with E-state index in [-0.39, 0.29) is 17.2 Å². The van der Waals surface area contributed by atoms with Crippen molar-refractivity contribution in [2.45, 2.75) is 28.6 Å². The van der Waals surface area contributed by atoms with Crippen molar-refractivity contribution in [2.75, 3.05) is 11.5 Å². The predicted molar refractivity (Wildman–Crippen MR) is 89.9 cm³/mol. The minimum Gasteiger partial charge on any atom is -0.349 e. The van der Waals surface area contributed by atoms with Crippen molar-refractivity contribution in [2.24, 2.45) is 0 Å². The number of nitrogens with zero attached hydrogens (tertiary/aromatic N) is 2. The van der Waals surface area contributed by atoms with Crippen molar-refractivity contribution in [1.82, 2.24) is 15.5 Å². The number of benzene rings is 1. The smallest absolute Gasteiger partial charge is 0.230 e. The van der Waals surface area contributed by atoms with Crippen LogP contribution in [0.3, 0.4) is 0 Å². The Bertz CT molecular complexity index is 681. The molecule has 2 aromatic rings. The second-order valence-electron chi connectivity index (χ2n) is 4.51. The zero-order valence-corrected chi connectivity index (χ0v) is 15.0. The van der Waals surface area contributed by atoms with Gasteiger partial charge >= 0.3 is 0 Å². The third-order valence-corrected chi connectivity index (χ3v) is 5.86. The first kappa shape index (κ1) is 18.2. The monoisotopic (exact) mass is 375 g/mol. The van der Waals surface area contributed by atoms with Gasteiger partial charge in [-0.1, -0.05) is 47.9 Å². The molecule has 0 saturated heterocycles. The Morgan fingerprint density at radius 1 is 1.30 bits per heavy atom. The Morgan fingerprint density at radius 3 is 2.65 bits per heavy atom. The molecular weight excluding hydrogens is 360 g/mol. The summed E-state index contributed by atoms with van der Waals surface area (Å²) in [6.07, 6.45) is 0. The molecule has 0 radical (unpaired) electrons. The topological polar surface area (TPSA) is 54.9 Å². The average Bonchev–Trinajstić information content (AvgIpc) is 2.93. The van der Waals surface area contributed by atoms with E-state index in [0.29, 0.717) is 0 Å². The van der Waals surface area contributed by atoms with Gasteiger partial charge in [0.25, 0.3) is 0 Å². The Balaban J connectivity index is 1.86. The number of aromatic nitrogens is 2. The molecule has 0 bridgehead atoms. The summed E-state index contributed by atoms with van der Waals surface area (Å²) in [5, 5.41) is 10.7. The molecule has 9 heteroatoms. The largest absolute Gasteiger partial charge is 0.349 e. The lowest BCUT2D eigenvalue weighted by molar-refractivity contribution is -0.119. The maximum absolute atomic E-state index is 13.7. The molecule has 1 N–H and O–H groups in total. The summed E-state index contributed by atoms with van der Waals surface area (Å²) in [4.78, 5) is 11.9. The van der Waals surface area contributed by atoms with Crippen LogP contribution in [0.1, 0.15) is 25.5 Å². The van der Waals surface area contributed by atoms with Gasteiger partial charge < -0.3 is 5.32 Å². The van der Waals surface area contributed by atoms with Crippen molar-refractivity contribution in [1.29, 1.82) is 0 Å². The fourth-order valence-corrected chi connectivity index (χ4v) is 4.51. The molecule has 124 valence electrons. The van der Waals surface area contributed by atoms with E-state index in [1.165, 1.54) is 35.2 Å². The van der Waals surface area contributed by atoms with E-state index in [0.717, 1.165) is 20.5 Å². The minimum absolute atomic E-state index is 0.165. The Labute approximate surface area is 145 Å². The van der Waals surface area contributed by atoms with Crippen molar-refractivity contribution >= 4 is 40.8 Å². The number of amides is 1. The summed E-state index contributed by atoms with van der Waals surface area (Å²) >= 11 is 4.33. The highest BCUT2D eigenvalue weighted by atomic mass is 32.2. The number of carbonyl (C=O) groups is 1. The lowest BCUT2D eigenvalue weighted by Gasteiger charge is -2.14. The summed E-state index contributed by atoms with van der Waals surface area (Å²) in [5.41, 5.74) is 0.252. The second kappa shape index (κ2) is 8.60. The molecule has 0 aliphatic carbocycles. The first-order valence-electron chi connectivity index (χ1n) is 6.83. The number of thioether (sulfide) groups is 2. The lowest BCUT2D eigenvalue weighted by atomic mass is 10.1. The van der Waals surface area contributed by atoms with Gasteiger partial charge in [-0.05, 0) is 18.7 Å². The second-order valence-corrected chi connectivity index (χ2v) is 8.22. The third kappa shape index (κ3) is 5.43. The van der Waals surface area contributed by atoms with E-state index in [2.05, 4.69) is 15.5 Å². The maximum atomic E-state index is 13.7. The fraction of sp³-hybridized carbons (Fsp3) is 0.357. The molecule has 0 spiro atoms. The highest BCUT2D eigenvalue weighted by Crippen LogP contribution is 2.28. The summed E-state index contributed by atoms with van der Waals surface area (Å²) in [6.45, 7) is 3.68. The van der Waals surface area contributed by atoms with Crippen molar-refractivity contribution in [3.63, 3.8) is 0 Å². The number of hydrogen-bond acceptors (Lipinski definition) is 6. The standard InChI is InChI=1S/C14H15F2N3OS3/c1-3-21-13-18-19-14(23-13)22-7-12(20)17-8(2)10-5-4-9(15)6-11(10)16/h4-6,8H,3,7H2,1-2H3,(H,17,20)/t8-/m0/s1. The minimum atomic E-state index is -0.671. The fourth-order valence-electron chi connectivity index (χ4n) is 1.78. The first-order chi connectivity index (χ1) is 11.0. The van der Waals surface area contributed by atoms with Crippen molar-refractivity contribution in [3.8, 4) is 0 Å². The van der Waals surface area contributed by atoms with Gasteiger partial charge in [-0.2, -0.15) is 0 Å². The molecule has 1 aromatic heterocycles. The molecule has 0 aliphatic heterocycles. The van der Waals surface area contributed by atoms with E-state index in [9.17, 15) is 13.6 Å². The van der Waals surface area contributed by atoms with E-state index < -0.39 is 17.7 Å². The molecule has 1 atom stereocenters. The van der Waals surface area contributed by atoms with Gasteiger partial charge in [0, 0.05) is 11.6 Å². The van der Waals surface area contributed by atoms with Crippen LogP contribution in [0.2, 0.25) is 0 Å². The number of halogens is 2. The molecule has 2 rings (SSSR count). The summed E-state index contributed by atoms with van der Waals surface area (Å²) in [7, 11) is 0. The number of hydrogen-bond donors (Lipinski definition) is 1. The summed E-state index contributed by atoms with van der Waals surface area (Å²) in [5.74, 6) is -0.474. The molecule has 1 amide bonds. The molecule has 0 saturated carbocycles. The normalized spacial score (nSPS) is 12.2. The van der Waals surface area contributed by atoms with Crippen LogP contribution in [0.4, 0.5) is 8.78 Å². The maximum Gasteiger partial charge on any atom is 0.230 e. The highest BCUT2D eigenvalue weighted by molar-refractivity contribution is 8.03. The van der Waals surface area contributed by atoms with Crippen LogP contribution in [-0.4, -0.2) is 27.6 Å². The van der Waals surface area contributed by atoms with Gasteiger partial charge in [0.2, 0.25) is 5.91 Å². The van der Waals surface area contributed by atoms with Crippen molar-refractivity contribution in [3.05, 3.63) is 35.4 Å². The molecular formula is C14H15F2N3OS3. The van der Waals surface area contributed by atoms with E-state index in [1.54, 1.807) is 18.7 Å². The zero-order chi connectivity index (χ0) is 16.8. The Hall–Kier alpha value is -1.19. The summed E-state index contributed by atoms with van der Waals surface area (Å²) < 4.78 is 28.1. The Morgan fingerprint density at radius 2 is 2.00 bits per heavy atom. The molecule has 0 unspecified atom stereocenters. The SMILES string of the molecule is CCSc1nnc(SCC(=O)N[C@@H](C)c2ccc(F)cc2F)s1. The number of carbonyl (C=O) groups excluding carboxylic acids is 1. The molecule has 0 fully saturated rings. The average molecular weight is 375 g/mol. The summed E-state index contributed by atoms with van der Waals surface area (Å²) in [6, 6.07) is 2.77. The molecule has 1 heterocycles. The molecule has 1 aromatic carbocycles. The third-order valence-electron chi connectivity index (χ3n) is 2.79. The highest BCUT2D eigenvalue weighted by Gasteiger charge is 2.15. The van der Waals surface area contributed by atoms with Crippen LogP contribution < -0.4 is 5.32 Å². The zero-order valence-electron chi connectivity index (χ0n) is 12.5. The van der Waals surface area contributed by atoms with E-state index in [4.69, 9.17) is 0 Å². The van der Waals surface area contributed by atoms with Crippen LogP contribution in [0.15, 0.2) is 26.9 Å². The molecule has 4 nitrogen and oxygen atoms in total. The van der Waals surface area contributed by atoms with Crippen LogP contribution >= 0.6 is 34.9 Å². The lowest BCUT2D eigenvalue weighted by Crippen LogP contribution is -2.28. The van der Waals surface area contributed by atoms with Crippen LogP contribution in [0.25, 0.3) is 0 Å². The number of rotatable bonds is 7. The Kier molecular flexibility index (Phi) is 6.79. The van der Waals surface area contributed by atoms with Crippen LogP contribution in [0, 0.1) is 11.6 Å². The quantitative estimate of drug-likeness (QED) is 0.744. The van der Waals surface area contributed by atoms with Gasteiger partial charge in [0.1, 0.15) is 11.6 Å². The number of nitrogens with one attached hydrogen (secondary N) is 1. The van der Waals surface area contributed by atoms with E-state index in [1.807, 2.05) is 6.92 Å². The molecule has 23 heavy (non-hydrogen) atoms. The van der Waals surface area contributed by atoms with Gasteiger partial charge in [0.15, 0.2) is 8.68 Å². The van der Waals surface area contributed by atoms with Gasteiger partial charge in [-0.25, -0.2) is 8.78 Å².